The summed E-state index contributed by atoms with van der Waals surface area (Å²) in [7, 11) is 0. The van der Waals surface area contributed by atoms with Crippen LogP contribution in [0.1, 0.15) is 13.8 Å². The SMILES string of the molecule is CCN1C(=O)N(CC)C2NC(=S)NNC21. The number of rotatable bonds is 2. The van der Waals surface area contributed by atoms with Crippen molar-refractivity contribution in [3.63, 3.8) is 0 Å². The summed E-state index contributed by atoms with van der Waals surface area (Å²) in [6, 6.07) is 0.0431. The number of nitrogens with one attached hydrogen (secondary N) is 3. The summed E-state index contributed by atoms with van der Waals surface area (Å²) in [5.41, 5.74) is 5.87. The lowest BCUT2D eigenvalue weighted by Gasteiger charge is -2.34. The van der Waals surface area contributed by atoms with Crippen LogP contribution in [0.15, 0.2) is 0 Å². The monoisotopic (exact) mass is 229 g/mol. The van der Waals surface area contributed by atoms with Gasteiger partial charge in [0.1, 0.15) is 12.3 Å². The van der Waals surface area contributed by atoms with Crippen LogP contribution in [0, 0.1) is 0 Å². The smallest absolute Gasteiger partial charge is 0.323 e. The van der Waals surface area contributed by atoms with Gasteiger partial charge in [-0.15, -0.1) is 0 Å². The third kappa shape index (κ3) is 1.51. The summed E-state index contributed by atoms with van der Waals surface area (Å²) >= 11 is 5.00. The molecule has 0 radical (unpaired) electrons. The van der Waals surface area contributed by atoms with E-state index in [1.165, 1.54) is 0 Å². The molecule has 2 saturated heterocycles. The quantitative estimate of drug-likeness (QED) is 0.552. The van der Waals surface area contributed by atoms with E-state index in [2.05, 4.69) is 16.2 Å². The van der Waals surface area contributed by atoms with Crippen LogP contribution < -0.4 is 16.2 Å². The molecule has 0 aromatic rings. The molecule has 2 aliphatic rings. The number of carbonyl (C=O) groups is 1. The Morgan fingerprint density at radius 3 is 2.47 bits per heavy atom. The summed E-state index contributed by atoms with van der Waals surface area (Å²) in [5.74, 6) is 0. The molecule has 0 bridgehead atoms. The van der Waals surface area contributed by atoms with Gasteiger partial charge in [0.25, 0.3) is 0 Å². The van der Waals surface area contributed by atoms with E-state index in [0.717, 1.165) is 0 Å². The number of thiocarbonyl (C=S) groups is 1. The normalized spacial score (nSPS) is 30.0. The molecular formula is C8H15N5OS. The van der Waals surface area contributed by atoms with Gasteiger partial charge in [0, 0.05) is 13.1 Å². The van der Waals surface area contributed by atoms with Crippen LogP contribution in [0.25, 0.3) is 0 Å². The van der Waals surface area contributed by atoms with Crippen LogP contribution >= 0.6 is 12.2 Å². The molecule has 0 saturated carbocycles. The number of nitrogens with zero attached hydrogens (tertiary/aromatic N) is 2. The second-order valence-electron chi connectivity index (χ2n) is 3.49. The molecule has 2 unspecified atom stereocenters. The number of carbonyl (C=O) groups excluding carboxylic acids is 1. The second kappa shape index (κ2) is 3.82. The molecule has 0 spiro atoms. The maximum Gasteiger partial charge on any atom is 0.323 e. The predicted octanol–water partition coefficient (Wildman–Crippen LogP) is -0.602. The molecule has 2 rings (SSSR count). The highest BCUT2D eigenvalue weighted by Crippen LogP contribution is 2.20. The van der Waals surface area contributed by atoms with Gasteiger partial charge in [-0.25, -0.2) is 10.2 Å². The lowest BCUT2D eigenvalue weighted by atomic mass is 10.3. The van der Waals surface area contributed by atoms with Gasteiger partial charge in [-0.3, -0.25) is 5.43 Å². The maximum absolute atomic E-state index is 11.9. The maximum atomic E-state index is 11.9. The minimum atomic E-state index is -0.0730. The molecule has 2 aliphatic heterocycles. The van der Waals surface area contributed by atoms with Crippen molar-refractivity contribution in [1.82, 2.24) is 26.0 Å². The fraction of sp³-hybridized carbons (Fsp3) is 0.750. The fourth-order valence-corrected chi connectivity index (χ4v) is 2.21. The van der Waals surface area contributed by atoms with E-state index >= 15 is 0 Å². The lowest BCUT2D eigenvalue weighted by molar-refractivity contribution is 0.183. The van der Waals surface area contributed by atoms with Crippen LogP contribution in [0.2, 0.25) is 0 Å². The van der Waals surface area contributed by atoms with Crippen molar-refractivity contribution in [1.29, 1.82) is 0 Å². The zero-order valence-corrected chi connectivity index (χ0v) is 9.60. The first-order chi connectivity index (χ1) is 7.19. The van der Waals surface area contributed by atoms with Gasteiger partial charge in [-0.1, -0.05) is 0 Å². The van der Waals surface area contributed by atoms with E-state index < -0.39 is 0 Å². The minimum absolute atomic E-state index is 0.0431. The number of hydrazine groups is 1. The number of hydrogen-bond acceptors (Lipinski definition) is 3. The molecular weight excluding hydrogens is 214 g/mol. The Bertz CT molecular complexity index is 297. The van der Waals surface area contributed by atoms with E-state index in [1.54, 1.807) is 9.80 Å². The molecule has 2 atom stereocenters. The Kier molecular flexibility index (Phi) is 2.66. The molecule has 2 heterocycles. The van der Waals surface area contributed by atoms with Gasteiger partial charge in [0.15, 0.2) is 5.11 Å². The number of likely N-dealkylation sites (N-methyl/N-ethyl adjacent to an activating group) is 2. The zero-order valence-electron chi connectivity index (χ0n) is 8.78. The van der Waals surface area contributed by atoms with Crippen molar-refractivity contribution in [3.05, 3.63) is 0 Å². The van der Waals surface area contributed by atoms with Crippen molar-refractivity contribution in [2.45, 2.75) is 26.2 Å². The van der Waals surface area contributed by atoms with Gasteiger partial charge in [-0.05, 0) is 26.1 Å². The predicted molar refractivity (Wildman–Crippen MR) is 59.7 cm³/mol. The Morgan fingerprint density at radius 1 is 1.27 bits per heavy atom. The summed E-state index contributed by atoms with van der Waals surface area (Å²) < 4.78 is 0. The molecule has 0 aromatic carbocycles. The van der Waals surface area contributed by atoms with Crippen LogP contribution in [-0.2, 0) is 0 Å². The van der Waals surface area contributed by atoms with Crippen LogP contribution in [-0.4, -0.2) is 46.4 Å². The molecule has 0 aromatic heterocycles. The molecule has 2 fully saturated rings. The summed E-state index contributed by atoms with van der Waals surface area (Å²) in [6.45, 7) is 5.27. The van der Waals surface area contributed by atoms with E-state index in [9.17, 15) is 4.79 Å². The molecule has 2 amide bonds. The highest BCUT2D eigenvalue weighted by Gasteiger charge is 2.46. The summed E-state index contributed by atoms with van der Waals surface area (Å²) in [6.07, 6.45) is -0.134. The second-order valence-corrected chi connectivity index (χ2v) is 3.90. The average Bonchev–Trinajstić information content (AvgIpc) is 2.48. The van der Waals surface area contributed by atoms with E-state index in [0.29, 0.717) is 18.2 Å². The third-order valence-electron chi connectivity index (χ3n) is 2.76. The highest BCUT2D eigenvalue weighted by molar-refractivity contribution is 7.80. The Morgan fingerprint density at radius 2 is 1.87 bits per heavy atom. The van der Waals surface area contributed by atoms with Crippen LogP contribution in [0.5, 0.6) is 0 Å². The molecule has 6 nitrogen and oxygen atoms in total. The van der Waals surface area contributed by atoms with Gasteiger partial charge in [0.05, 0.1) is 0 Å². The summed E-state index contributed by atoms with van der Waals surface area (Å²) in [5, 5.41) is 3.62. The van der Waals surface area contributed by atoms with Gasteiger partial charge in [-0.2, -0.15) is 0 Å². The van der Waals surface area contributed by atoms with Crippen LogP contribution in [0.4, 0.5) is 4.79 Å². The van der Waals surface area contributed by atoms with E-state index in [4.69, 9.17) is 12.2 Å². The Labute approximate surface area is 93.9 Å². The standard InChI is InChI=1S/C8H15N5OS/c1-3-12-5-6(10-11-7(15)9-5)13(4-2)8(12)14/h5-6,10H,3-4H2,1-2H3,(H2,9,11,15). The first-order valence-corrected chi connectivity index (χ1v) is 5.49. The molecule has 84 valence electrons. The van der Waals surface area contributed by atoms with Crippen molar-refractivity contribution in [2.24, 2.45) is 0 Å². The minimum Gasteiger partial charge on any atom is -0.338 e. The Balaban J connectivity index is 2.23. The number of urea groups is 1. The van der Waals surface area contributed by atoms with Gasteiger partial charge >= 0.3 is 6.03 Å². The van der Waals surface area contributed by atoms with E-state index in [1.807, 2.05) is 13.8 Å². The lowest BCUT2D eigenvalue weighted by Crippen LogP contribution is -2.68. The van der Waals surface area contributed by atoms with Crippen molar-refractivity contribution >= 4 is 23.4 Å². The van der Waals surface area contributed by atoms with Crippen molar-refractivity contribution < 1.29 is 4.79 Å². The Hall–Kier alpha value is -1.08. The van der Waals surface area contributed by atoms with Crippen molar-refractivity contribution in [2.75, 3.05) is 13.1 Å². The fourth-order valence-electron chi connectivity index (χ4n) is 2.03. The zero-order chi connectivity index (χ0) is 11.0. The molecule has 3 N–H and O–H groups in total. The number of hydrogen-bond donors (Lipinski definition) is 3. The molecule has 15 heavy (non-hydrogen) atoms. The third-order valence-corrected chi connectivity index (χ3v) is 2.98. The average molecular weight is 229 g/mol. The highest BCUT2D eigenvalue weighted by atomic mass is 32.1. The first kappa shape index (κ1) is 10.4. The van der Waals surface area contributed by atoms with Gasteiger partial charge in [0.2, 0.25) is 0 Å². The number of amides is 2. The largest absolute Gasteiger partial charge is 0.338 e. The molecule has 0 aliphatic carbocycles. The van der Waals surface area contributed by atoms with Gasteiger partial charge < -0.3 is 15.1 Å². The topological polar surface area (TPSA) is 59.6 Å². The van der Waals surface area contributed by atoms with Crippen LogP contribution in [0.3, 0.4) is 0 Å². The first-order valence-electron chi connectivity index (χ1n) is 5.08. The molecule has 7 heteroatoms. The van der Waals surface area contributed by atoms with E-state index in [-0.39, 0.29) is 18.4 Å². The van der Waals surface area contributed by atoms with Crippen molar-refractivity contribution in [3.8, 4) is 0 Å². The summed E-state index contributed by atoms with van der Waals surface area (Å²) in [4.78, 5) is 15.5. The number of fused-ring (bicyclic) bond motifs is 1.